The van der Waals surface area contributed by atoms with Crippen LogP contribution in [-0.4, -0.2) is 0 Å². The minimum atomic E-state index is -0.696. The number of nitriles is 1. The van der Waals surface area contributed by atoms with Crippen LogP contribution in [0.15, 0.2) is 48.5 Å². The van der Waals surface area contributed by atoms with E-state index in [0.717, 1.165) is 23.1 Å². The quantitative estimate of drug-likeness (QED) is 0.925. The van der Waals surface area contributed by atoms with Gasteiger partial charge in [0.05, 0.1) is 6.07 Å². The van der Waals surface area contributed by atoms with Gasteiger partial charge in [-0.3, -0.25) is 5.32 Å². The largest absolute Gasteiger partial charge is 0.292 e. The van der Waals surface area contributed by atoms with Crippen LogP contribution in [0.1, 0.15) is 23.1 Å². The lowest BCUT2D eigenvalue weighted by atomic mass is 9.93. The second kappa shape index (κ2) is 5.07. The first-order valence-electron chi connectivity index (χ1n) is 6.73. The molecule has 0 aromatic heterocycles. The fourth-order valence-corrected chi connectivity index (χ4v) is 2.83. The highest BCUT2D eigenvalue weighted by atomic mass is 19.1. The van der Waals surface area contributed by atoms with Gasteiger partial charge in [-0.1, -0.05) is 36.4 Å². The van der Waals surface area contributed by atoms with E-state index in [0.29, 0.717) is 13.0 Å². The lowest BCUT2D eigenvalue weighted by Crippen LogP contribution is -2.38. The Labute approximate surface area is 117 Å². The van der Waals surface area contributed by atoms with E-state index in [9.17, 15) is 9.65 Å². The number of aryl methyl sites for hydroxylation is 1. The summed E-state index contributed by atoms with van der Waals surface area (Å²) < 4.78 is 13.3. The summed E-state index contributed by atoms with van der Waals surface area (Å²) in [6, 6.07) is 17.1. The summed E-state index contributed by atoms with van der Waals surface area (Å²) in [5, 5.41) is 13.0. The summed E-state index contributed by atoms with van der Waals surface area (Å²) in [5.41, 5.74) is 2.29. The SMILES string of the molecule is N#CC1(NCc2ccccc2)CCc2cc(F)ccc21. The molecule has 1 N–H and O–H groups in total. The maximum Gasteiger partial charge on any atom is 0.133 e. The summed E-state index contributed by atoms with van der Waals surface area (Å²) in [6.07, 6.45) is 1.43. The van der Waals surface area contributed by atoms with Gasteiger partial charge in [0.2, 0.25) is 0 Å². The van der Waals surface area contributed by atoms with Crippen LogP contribution >= 0.6 is 0 Å². The first-order valence-corrected chi connectivity index (χ1v) is 6.73. The molecular weight excluding hydrogens is 251 g/mol. The first-order chi connectivity index (χ1) is 9.73. The summed E-state index contributed by atoms with van der Waals surface area (Å²) in [4.78, 5) is 0. The van der Waals surface area contributed by atoms with Crippen molar-refractivity contribution in [3.8, 4) is 6.07 Å². The van der Waals surface area contributed by atoms with Crippen LogP contribution in [0.3, 0.4) is 0 Å². The predicted molar refractivity (Wildman–Crippen MR) is 75.3 cm³/mol. The highest BCUT2D eigenvalue weighted by Crippen LogP contribution is 2.37. The fourth-order valence-electron chi connectivity index (χ4n) is 2.83. The predicted octanol–water partition coefficient (Wildman–Crippen LogP) is 3.28. The summed E-state index contributed by atoms with van der Waals surface area (Å²) in [7, 11) is 0. The average molecular weight is 266 g/mol. The van der Waals surface area contributed by atoms with Crippen molar-refractivity contribution in [3.05, 3.63) is 71.0 Å². The zero-order valence-corrected chi connectivity index (χ0v) is 11.1. The normalized spacial score (nSPS) is 20.4. The minimum Gasteiger partial charge on any atom is -0.292 e. The van der Waals surface area contributed by atoms with Crippen molar-refractivity contribution in [1.29, 1.82) is 5.26 Å². The third-order valence-corrected chi connectivity index (χ3v) is 3.92. The van der Waals surface area contributed by atoms with Crippen molar-refractivity contribution in [2.75, 3.05) is 0 Å². The second-order valence-electron chi connectivity index (χ2n) is 5.16. The third-order valence-electron chi connectivity index (χ3n) is 3.92. The summed E-state index contributed by atoms with van der Waals surface area (Å²) in [6.45, 7) is 0.630. The zero-order valence-electron chi connectivity index (χ0n) is 11.1. The van der Waals surface area contributed by atoms with Crippen molar-refractivity contribution in [1.82, 2.24) is 5.32 Å². The van der Waals surface area contributed by atoms with Crippen LogP contribution in [0.4, 0.5) is 4.39 Å². The maximum atomic E-state index is 13.3. The molecule has 0 saturated carbocycles. The number of nitrogens with zero attached hydrogens (tertiary/aromatic N) is 1. The standard InChI is InChI=1S/C17H15FN2/c18-15-6-7-16-14(10-15)8-9-17(16,12-19)20-11-13-4-2-1-3-5-13/h1-7,10,20H,8-9,11H2. The molecule has 3 rings (SSSR count). The third kappa shape index (κ3) is 2.19. The van der Waals surface area contributed by atoms with Gasteiger partial charge in [0.1, 0.15) is 11.4 Å². The molecule has 100 valence electrons. The summed E-state index contributed by atoms with van der Waals surface area (Å²) >= 11 is 0. The van der Waals surface area contributed by atoms with Crippen LogP contribution < -0.4 is 5.32 Å². The lowest BCUT2D eigenvalue weighted by Gasteiger charge is -2.24. The average Bonchev–Trinajstić information content (AvgIpc) is 2.85. The van der Waals surface area contributed by atoms with Crippen LogP contribution in [0.5, 0.6) is 0 Å². The molecule has 0 amide bonds. The van der Waals surface area contributed by atoms with Crippen LogP contribution in [0.25, 0.3) is 0 Å². The topological polar surface area (TPSA) is 35.8 Å². The molecule has 3 heteroatoms. The molecule has 0 heterocycles. The molecule has 1 atom stereocenters. The Kier molecular flexibility index (Phi) is 3.25. The molecule has 0 fully saturated rings. The van der Waals surface area contributed by atoms with Crippen molar-refractivity contribution >= 4 is 0 Å². The van der Waals surface area contributed by atoms with Crippen molar-refractivity contribution in [3.63, 3.8) is 0 Å². The van der Waals surface area contributed by atoms with Crippen LogP contribution in [0, 0.1) is 17.1 Å². The van der Waals surface area contributed by atoms with Crippen molar-refractivity contribution < 1.29 is 4.39 Å². The number of rotatable bonds is 3. The monoisotopic (exact) mass is 266 g/mol. The molecule has 0 bridgehead atoms. The number of hydrogen-bond acceptors (Lipinski definition) is 2. The Morgan fingerprint density at radius 2 is 2.00 bits per heavy atom. The smallest absolute Gasteiger partial charge is 0.133 e. The fraction of sp³-hybridized carbons (Fsp3) is 0.235. The van der Waals surface area contributed by atoms with Gasteiger partial charge >= 0.3 is 0 Å². The molecule has 1 aliphatic rings. The number of hydrogen-bond donors (Lipinski definition) is 1. The number of benzene rings is 2. The van der Waals surface area contributed by atoms with E-state index in [1.54, 1.807) is 12.1 Å². The molecule has 0 saturated heterocycles. The van der Waals surface area contributed by atoms with E-state index >= 15 is 0 Å². The molecule has 1 aliphatic carbocycles. The van der Waals surface area contributed by atoms with Gasteiger partial charge in [-0.15, -0.1) is 0 Å². The number of fused-ring (bicyclic) bond motifs is 1. The number of nitrogens with one attached hydrogen (secondary N) is 1. The van der Waals surface area contributed by atoms with Crippen LogP contribution in [0.2, 0.25) is 0 Å². The van der Waals surface area contributed by atoms with Crippen LogP contribution in [-0.2, 0) is 18.5 Å². The minimum absolute atomic E-state index is 0.236. The van der Waals surface area contributed by atoms with Gasteiger partial charge in [-0.05, 0) is 41.7 Å². The van der Waals surface area contributed by atoms with Gasteiger partial charge in [0.25, 0.3) is 0 Å². The Morgan fingerprint density at radius 3 is 2.75 bits per heavy atom. The highest BCUT2D eigenvalue weighted by Gasteiger charge is 2.38. The Morgan fingerprint density at radius 1 is 1.20 bits per heavy atom. The lowest BCUT2D eigenvalue weighted by molar-refractivity contribution is 0.422. The van der Waals surface area contributed by atoms with E-state index in [-0.39, 0.29) is 5.82 Å². The van der Waals surface area contributed by atoms with Gasteiger partial charge in [0, 0.05) is 6.54 Å². The molecule has 0 radical (unpaired) electrons. The molecule has 2 nitrogen and oxygen atoms in total. The van der Waals surface area contributed by atoms with Gasteiger partial charge in [-0.25, -0.2) is 4.39 Å². The molecule has 1 unspecified atom stereocenters. The first kappa shape index (κ1) is 12.8. The van der Waals surface area contributed by atoms with Gasteiger partial charge < -0.3 is 0 Å². The Bertz CT molecular complexity index is 660. The molecular formula is C17H15FN2. The van der Waals surface area contributed by atoms with E-state index in [1.807, 2.05) is 30.3 Å². The molecule has 20 heavy (non-hydrogen) atoms. The summed E-state index contributed by atoms with van der Waals surface area (Å²) in [5.74, 6) is -0.236. The molecule has 0 aliphatic heterocycles. The van der Waals surface area contributed by atoms with Crippen molar-refractivity contribution in [2.45, 2.75) is 24.9 Å². The Balaban J connectivity index is 1.86. The van der Waals surface area contributed by atoms with E-state index in [2.05, 4.69) is 11.4 Å². The molecule has 2 aromatic carbocycles. The second-order valence-corrected chi connectivity index (χ2v) is 5.16. The highest BCUT2D eigenvalue weighted by molar-refractivity contribution is 5.43. The molecule has 0 spiro atoms. The zero-order chi connectivity index (χ0) is 14.0. The van der Waals surface area contributed by atoms with Gasteiger partial charge in [0.15, 0.2) is 0 Å². The van der Waals surface area contributed by atoms with Gasteiger partial charge in [-0.2, -0.15) is 5.26 Å². The number of halogens is 1. The maximum absolute atomic E-state index is 13.3. The van der Waals surface area contributed by atoms with E-state index in [4.69, 9.17) is 0 Å². The van der Waals surface area contributed by atoms with E-state index in [1.165, 1.54) is 6.07 Å². The molecule has 2 aromatic rings. The Hall–Kier alpha value is -2.18. The van der Waals surface area contributed by atoms with E-state index < -0.39 is 5.54 Å². The van der Waals surface area contributed by atoms with Crippen molar-refractivity contribution in [2.24, 2.45) is 0 Å².